The molecule has 1 aliphatic heterocycles. The largest absolute Gasteiger partial charge is 0.374 e. The Morgan fingerprint density at radius 1 is 0.610 bits per heavy atom. The Hall–Kier alpha value is -4.99. The predicted molar refractivity (Wildman–Crippen MR) is 175 cm³/mol. The van der Waals surface area contributed by atoms with Crippen LogP contribution in [-0.4, -0.2) is 4.98 Å². The van der Waals surface area contributed by atoms with Crippen LogP contribution in [-0.2, 0) is 0 Å². The first-order chi connectivity index (χ1) is 20.3. The van der Waals surface area contributed by atoms with E-state index in [0.29, 0.717) is 0 Å². The molecule has 7 aromatic rings. The van der Waals surface area contributed by atoms with Crippen LogP contribution in [0.3, 0.4) is 0 Å². The highest BCUT2D eigenvalue weighted by molar-refractivity contribution is 7.26. The third kappa shape index (κ3) is 4.23. The second-order valence-corrected chi connectivity index (χ2v) is 11.5. The molecule has 5 aromatic carbocycles. The number of nitrogens with one attached hydrogen (secondary N) is 1. The molecular weight excluding hydrogens is 516 g/mol. The molecule has 1 aliphatic rings. The number of benzene rings is 5. The van der Waals surface area contributed by atoms with Crippen molar-refractivity contribution >= 4 is 43.3 Å². The zero-order valence-electron chi connectivity index (χ0n) is 22.3. The summed E-state index contributed by atoms with van der Waals surface area (Å²) < 4.78 is 2.66. The van der Waals surface area contributed by atoms with Crippen LogP contribution < -0.4 is 5.32 Å². The van der Waals surface area contributed by atoms with E-state index in [9.17, 15) is 0 Å². The molecule has 1 unspecified atom stereocenters. The van der Waals surface area contributed by atoms with E-state index in [0.717, 1.165) is 33.8 Å². The van der Waals surface area contributed by atoms with E-state index in [2.05, 4.69) is 151 Å². The summed E-state index contributed by atoms with van der Waals surface area (Å²) in [6.07, 6.45) is 4.45. The number of fused-ring (bicyclic) bond motifs is 4. The highest BCUT2D eigenvalue weighted by atomic mass is 32.1. The Balaban J connectivity index is 1.21. The number of hydrogen-bond donors (Lipinski definition) is 1. The molecule has 0 spiro atoms. The molecule has 1 N–H and O–H groups in total. The van der Waals surface area contributed by atoms with Gasteiger partial charge in [0.2, 0.25) is 0 Å². The van der Waals surface area contributed by atoms with E-state index in [1.54, 1.807) is 0 Å². The minimum absolute atomic E-state index is 0.117. The monoisotopic (exact) mass is 542 g/mol. The summed E-state index contributed by atoms with van der Waals surface area (Å²) in [4.78, 5) is 5.22. The van der Waals surface area contributed by atoms with E-state index in [1.165, 1.54) is 36.9 Å². The van der Waals surface area contributed by atoms with Crippen molar-refractivity contribution in [2.75, 3.05) is 5.32 Å². The number of thiophene rings is 1. The molecule has 0 aliphatic carbocycles. The second-order valence-electron chi connectivity index (χ2n) is 10.4. The standard InChI is InChI=1S/C38H26N2S/c1-3-10-26(11-4-1)33-23-22-32-35(39-33)24-34(40-37(32)28-12-5-2-6-13-28)27-20-18-25(19-21-27)29-15-9-16-31-30-14-7-8-17-36(30)41-38(29)31/h1-24,33,39H. The van der Waals surface area contributed by atoms with Crippen molar-refractivity contribution < 1.29 is 0 Å². The SMILES string of the molecule is C1=CC(c2ccccc2)Nc2cc(-c3ccc(-c4cccc5c4sc4ccccc45)cc3)nc(-c3ccccc3)c21. The number of pyridine rings is 1. The molecule has 3 heterocycles. The Morgan fingerprint density at radius 3 is 2.15 bits per heavy atom. The average Bonchev–Trinajstić information content (AvgIpc) is 3.44. The number of hydrogen-bond acceptors (Lipinski definition) is 3. The minimum Gasteiger partial charge on any atom is -0.374 e. The number of aromatic nitrogens is 1. The van der Waals surface area contributed by atoms with Crippen molar-refractivity contribution in [2.45, 2.75) is 6.04 Å². The fourth-order valence-electron chi connectivity index (χ4n) is 5.87. The highest BCUT2D eigenvalue weighted by Crippen LogP contribution is 2.41. The summed E-state index contributed by atoms with van der Waals surface area (Å²) in [6.45, 7) is 0. The van der Waals surface area contributed by atoms with Crippen molar-refractivity contribution in [3.63, 3.8) is 0 Å². The molecule has 0 fully saturated rings. The quantitative estimate of drug-likeness (QED) is 0.239. The summed E-state index contributed by atoms with van der Waals surface area (Å²) in [5, 5.41) is 6.43. The van der Waals surface area contributed by atoms with E-state index in [1.807, 2.05) is 11.3 Å². The van der Waals surface area contributed by atoms with Crippen LogP contribution in [0.4, 0.5) is 5.69 Å². The van der Waals surface area contributed by atoms with Crippen molar-refractivity contribution in [1.29, 1.82) is 0 Å². The minimum atomic E-state index is 0.117. The van der Waals surface area contributed by atoms with Gasteiger partial charge in [0.05, 0.1) is 17.4 Å². The smallest absolute Gasteiger partial charge is 0.0802 e. The van der Waals surface area contributed by atoms with Gasteiger partial charge in [0.25, 0.3) is 0 Å². The van der Waals surface area contributed by atoms with Crippen molar-refractivity contribution in [3.8, 4) is 33.6 Å². The summed E-state index contributed by atoms with van der Waals surface area (Å²) >= 11 is 1.87. The maximum absolute atomic E-state index is 5.22. The fraction of sp³-hybridized carbons (Fsp3) is 0.0263. The molecule has 2 nitrogen and oxygen atoms in total. The van der Waals surface area contributed by atoms with E-state index in [-0.39, 0.29) is 6.04 Å². The van der Waals surface area contributed by atoms with Gasteiger partial charge in [-0.2, -0.15) is 0 Å². The Kier molecular flexibility index (Phi) is 5.75. The number of rotatable bonds is 4. The molecular formula is C38H26N2S. The van der Waals surface area contributed by atoms with Gasteiger partial charge in [-0.3, -0.25) is 0 Å². The molecule has 41 heavy (non-hydrogen) atoms. The van der Waals surface area contributed by atoms with Crippen molar-refractivity contribution in [2.24, 2.45) is 0 Å². The lowest BCUT2D eigenvalue weighted by Gasteiger charge is -2.25. The van der Waals surface area contributed by atoms with Crippen molar-refractivity contribution in [3.05, 3.63) is 151 Å². The number of anilines is 1. The lowest BCUT2D eigenvalue weighted by Crippen LogP contribution is -2.13. The summed E-state index contributed by atoms with van der Waals surface area (Å²) in [5.41, 5.74) is 10.1. The van der Waals surface area contributed by atoms with E-state index < -0.39 is 0 Å². The average molecular weight is 543 g/mol. The third-order valence-corrected chi connectivity index (χ3v) is 9.15. The van der Waals surface area contributed by atoms with Crippen LogP contribution in [0, 0.1) is 0 Å². The Labute approximate surface area is 243 Å². The lowest BCUT2D eigenvalue weighted by molar-refractivity contribution is 0.977. The van der Waals surface area contributed by atoms with Gasteiger partial charge in [-0.05, 0) is 28.8 Å². The summed E-state index contributed by atoms with van der Waals surface area (Å²) in [7, 11) is 0. The first kappa shape index (κ1) is 23.9. The molecule has 8 rings (SSSR count). The molecule has 0 saturated carbocycles. The molecule has 194 valence electrons. The van der Waals surface area contributed by atoms with Crippen LogP contribution in [0.25, 0.3) is 59.9 Å². The zero-order valence-corrected chi connectivity index (χ0v) is 23.1. The second kappa shape index (κ2) is 9.88. The van der Waals surface area contributed by atoms with Crippen LogP contribution in [0.15, 0.2) is 140 Å². The third-order valence-electron chi connectivity index (χ3n) is 7.93. The first-order valence-corrected chi connectivity index (χ1v) is 14.7. The molecule has 2 aromatic heterocycles. The molecule has 3 heteroatoms. The molecule has 0 radical (unpaired) electrons. The maximum Gasteiger partial charge on any atom is 0.0802 e. The van der Waals surface area contributed by atoms with Gasteiger partial charge >= 0.3 is 0 Å². The molecule has 1 atom stereocenters. The van der Waals surface area contributed by atoms with E-state index >= 15 is 0 Å². The number of nitrogens with zero attached hydrogens (tertiary/aromatic N) is 1. The Morgan fingerprint density at radius 2 is 1.32 bits per heavy atom. The normalized spacial score (nSPS) is 14.2. The predicted octanol–water partition coefficient (Wildman–Crippen LogP) is 10.6. The van der Waals surface area contributed by atoms with Gasteiger partial charge in [-0.25, -0.2) is 4.98 Å². The summed E-state index contributed by atoms with van der Waals surface area (Å²) in [5.74, 6) is 0. The van der Waals surface area contributed by atoms with Crippen LogP contribution in [0.2, 0.25) is 0 Å². The van der Waals surface area contributed by atoms with E-state index in [4.69, 9.17) is 4.98 Å². The van der Waals surface area contributed by atoms with Gasteiger partial charge in [0, 0.05) is 42.6 Å². The first-order valence-electron chi connectivity index (χ1n) is 13.9. The molecule has 0 saturated heterocycles. The topological polar surface area (TPSA) is 24.9 Å². The lowest BCUT2D eigenvalue weighted by atomic mass is 9.95. The molecule has 0 amide bonds. The van der Waals surface area contributed by atoms with Crippen LogP contribution >= 0.6 is 11.3 Å². The Bertz CT molecular complexity index is 2060. The highest BCUT2D eigenvalue weighted by Gasteiger charge is 2.20. The van der Waals surface area contributed by atoms with Crippen LogP contribution in [0.1, 0.15) is 17.2 Å². The van der Waals surface area contributed by atoms with Gasteiger partial charge in [0.1, 0.15) is 0 Å². The van der Waals surface area contributed by atoms with Gasteiger partial charge in [0.15, 0.2) is 0 Å². The molecule has 0 bridgehead atoms. The van der Waals surface area contributed by atoms with Gasteiger partial charge in [-0.15, -0.1) is 11.3 Å². The fourth-order valence-corrected chi connectivity index (χ4v) is 7.10. The zero-order chi connectivity index (χ0) is 27.2. The summed E-state index contributed by atoms with van der Waals surface area (Å²) in [6, 6.07) is 47.6. The van der Waals surface area contributed by atoms with Gasteiger partial charge < -0.3 is 5.32 Å². The van der Waals surface area contributed by atoms with Gasteiger partial charge in [-0.1, -0.05) is 133 Å². The maximum atomic E-state index is 5.22. The van der Waals surface area contributed by atoms with Crippen LogP contribution in [0.5, 0.6) is 0 Å². The van der Waals surface area contributed by atoms with Crippen molar-refractivity contribution in [1.82, 2.24) is 4.98 Å².